The molecule has 0 unspecified atom stereocenters. The number of carbonyl (C=O) groups is 2. The first kappa shape index (κ1) is 34.4. The molecule has 0 spiro atoms. The van der Waals surface area contributed by atoms with Crippen LogP contribution in [0.2, 0.25) is 10.0 Å². The number of rotatable bonds is 8. The number of nitrogens with zero attached hydrogens (tertiary/aromatic N) is 2. The molecule has 3 N–H and O–H groups in total. The minimum atomic E-state index is -4.48. The number of carbonyl (C=O) groups excluding carboxylic acids is 2. The number of alkyl halides is 3. The number of fused-ring (bicyclic) bond motifs is 1. The summed E-state index contributed by atoms with van der Waals surface area (Å²) < 4.78 is 45.1. The van der Waals surface area contributed by atoms with Crippen LogP contribution in [0.3, 0.4) is 0 Å². The summed E-state index contributed by atoms with van der Waals surface area (Å²) in [5.41, 5.74) is 1.22. The number of aliphatic hydroxyl groups is 1. The van der Waals surface area contributed by atoms with Crippen LogP contribution in [0.5, 0.6) is 5.75 Å². The molecule has 0 radical (unpaired) electrons. The normalized spacial score (nSPS) is 17.9. The van der Waals surface area contributed by atoms with Gasteiger partial charge in [0, 0.05) is 42.5 Å². The summed E-state index contributed by atoms with van der Waals surface area (Å²) >= 11 is 12.3. The van der Waals surface area contributed by atoms with Gasteiger partial charge >= 0.3 is 12.2 Å². The molecule has 0 saturated heterocycles. The van der Waals surface area contributed by atoms with Crippen molar-refractivity contribution in [3.8, 4) is 5.75 Å². The fourth-order valence-electron chi connectivity index (χ4n) is 5.08. The van der Waals surface area contributed by atoms with Crippen molar-refractivity contribution < 1.29 is 32.6 Å². The molecule has 45 heavy (non-hydrogen) atoms. The monoisotopic (exact) mass is 666 g/mol. The summed E-state index contributed by atoms with van der Waals surface area (Å²) in [5.74, 6) is 0.164. The van der Waals surface area contributed by atoms with Crippen LogP contribution in [0, 0.1) is 5.92 Å². The van der Waals surface area contributed by atoms with E-state index in [1.807, 2.05) is 26.1 Å². The van der Waals surface area contributed by atoms with Crippen LogP contribution in [-0.2, 0) is 23.9 Å². The van der Waals surface area contributed by atoms with Crippen molar-refractivity contribution in [3.63, 3.8) is 0 Å². The van der Waals surface area contributed by atoms with Gasteiger partial charge in [-0.15, -0.1) is 0 Å². The van der Waals surface area contributed by atoms with Gasteiger partial charge in [-0.25, -0.2) is 4.79 Å². The third kappa shape index (κ3) is 9.26. The summed E-state index contributed by atoms with van der Waals surface area (Å²) in [6.45, 7) is 5.00. The largest absolute Gasteiger partial charge is 0.488 e. The van der Waals surface area contributed by atoms with E-state index >= 15 is 0 Å². The molecule has 4 rings (SSSR count). The second-order valence-corrected chi connectivity index (χ2v) is 12.1. The van der Waals surface area contributed by atoms with Crippen LogP contribution in [0.1, 0.15) is 30.5 Å². The first-order chi connectivity index (χ1) is 21.2. The molecule has 3 amide bonds. The van der Waals surface area contributed by atoms with Crippen LogP contribution >= 0.6 is 23.2 Å². The first-order valence-corrected chi connectivity index (χ1v) is 15.1. The summed E-state index contributed by atoms with van der Waals surface area (Å²) in [5, 5.41) is 16.0. The molecule has 0 aliphatic carbocycles. The smallest absolute Gasteiger partial charge is 0.416 e. The van der Waals surface area contributed by atoms with Gasteiger partial charge in [0.05, 0.1) is 34.7 Å². The molecule has 1 aliphatic rings. The van der Waals surface area contributed by atoms with Gasteiger partial charge in [0.1, 0.15) is 11.9 Å². The van der Waals surface area contributed by atoms with E-state index in [-0.39, 0.29) is 36.6 Å². The summed E-state index contributed by atoms with van der Waals surface area (Å²) in [6.07, 6.45) is -4.87. The van der Waals surface area contributed by atoms with Gasteiger partial charge in [0.15, 0.2) is 0 Å². The van der Waals surface area contributed by atoms with Crippen molar-refractivity contribution in [2.75, 3.05) is 37.4 Å². The highest BCUT2D eigenvalue weighted by molar-refractivity contribution is 6.42. The van der Waals surface area contributed by atoms with Gasteiger partial charge in [-0.1, -0.05) is 36.2 Å². The maximum absolute atomic E-state index is 13.5. The highest BCUT2D eigenvalue weighted by atomic mass is 35.5. The van der Waals surface area contributed by atoms with Gasteiger partial charge in [-0.05, 0) is 74.1 Å². The number of ether oxygens (including phenoxy) is 1. The van der Waals surface area contributed by atoms with Crippen LogP contribution in [0.4, 0.5) is 29.3 Å². The van der Waals surface area contributed by atoms with Gasteiger partial charge < -0.3 is 25.4 Å². The van der Waals surface area contributed by atoms with Crippen LogP contribution in [0.15, 0.2) is 60.7 Å². The van der Waals surface area contributed by atoms with Crippen LogP contribution in [-0.4, -0.2) is 65.7 Å². The molecule has 3 aromatic carbocycles. The van der Waals surface area contributed by atoms with Gasteiger partial charge in [-0.2, -0.15) is 13.2 Å². The standard InChI is InChI=1S/C32H35Cl2F3N4O4/c1-19-15-41(20(2)18-42)30(43)14-22-13-25(39-31(44)38-24-7-5-23(6-8-24)32(35,36)37)9-11-28(22)45-29(19)17-40(3)16-21-4-10-26(33)27(34)12-21/h4-13,19-20,29,42H,14-18H2,1-3H3,(H2,38,39,44)/t19-,20+,29-/m0/s1. The van der Waals surface area contributed by atoms with E-state index in [4.69, 9.17) is 27.9 Å². The Morgan fingerprint density at radius 1 is 1.07 bits per heavy atom. The maximum Gasteiger partial charge on any atom is 0.416 e. The van der Waals surface area contributed by atoms with Crippen molar-refractivity contribution in [3.05, 3.63) is 87.4 Å². The molecule has 0 fully saturated rings. The molecule has 1 aliphatic heterocycles. The van der Waals surface area contributed by atoms with Gasteiger partial charge in [0.25, 0.3) is 0 Å². The zero-order chi connectivity index (χ0) is 32.9. The lowest BCUT2D eigenvalue weighted by Crippen LogP contribution is -2.47. The molecule has 8 nitrogen and oxygen atoms in total. The number of nitrogens with one attached hydrogen (secondary N) is 2. The fourth-order valence-corrected chi connectivity index (χ4v) is 5.40. The van der Waals surface area contributed by atoms with Crippen molar-refractivity contribution in [2.45, 2.75) is 45.1 Å². The predicted molar refractivity (Wildman–Crippen MR) is 169 cm³/mol. The Hall–Kier alpha value is -3.51. The number of hydrogen-bond acceptors (Lipinski definition) is 5. The number of benzene rings is 3. The molecule has 0 aromatic heterocycles. The maximum atomic E-state index is 13.5. The molecule has 13 heteroatoms. The Kier molecular flexibility index (Phi) is 11.2. The van der Waals surface area contributed by atoms with Crippen molar-refractivity contribution in [2.24, 2.45) is 5.92 Å². The predicted octanol–water partition coefficient (Wildman–Crippen LogP) is 6.94. The highest BCUT2D eigenvalue weighted by Gasteiger charge is 2.32. The Labute approximate surface area is 270 Å². The van der Waals surface area contributed by atoms with E-state index in [0.29, 0.717) is 46.7 Å². The van der Waals surface area contributed by atoms with Crippen LogP contribution < -0.4 is 15.4 Å². The van der Waals surface area contributed by atoms with Crippen molar-refractivity contribution in [1.82, 2.24) is 9.80 Å². The van der Waals surface area contributed by atoms with Crippen LogP contribution in [0.25, 0.3) is 0 Å². The van der Waals surface area contributed by atoms with Gasteiger partial charge in [0.2, 0.25) is 5.91 Å². The molecule has 1 heterocycles. The Bertz CT molecular complexity index is 1510. The molecule has 242 valence electrons. The molecular formula is C32H35Cl2F3N4O4. The number of amides is 3. The summed E-state index contributed by atoms with van der Waals surface area (Å²) in [7, 11) is 1.95. The minimum Gasteiger partial charge on any atom is -0.488 e. The lowest BCUT2D eigenvalue weighted by Gasteiger charge is -2.34. The summed E-state index contributed by atoms with van der Waals surface area (Å²) in [6, 6.07) is 13.4. The minimum absolute atomic E-state index is 0.0335. The Morgan fingerprint density at radius 3 is 2.38 bits per heavy atom. The van der Waals surface area contributed by atoms with Crippen molar-refractivity contribution >= 4 is 46.5 Å². The SMILES string of the molecule is C[C@H](CO)N1C[C@H](C)[C@H](CN(C)Cc2ccc(Cl)c(Cl)c2)Oc2ccc(NC(=O)Nc3ccc(C(F)(F)F)cc3)cc2CC1=O. The average Bonchev–Trinajstić information content (AvgIpc) is 3.01. The van der Waals surface area contributed by atoms with E-state index in [1.165, 1.54) is 0 Å². The van der Waals surface area contributed by atoms with E-state index in [1.54, 1.807) is 36.1 Å². The number of likely N-dealkylation sites (N-methyl/N-ethyl adjacent to an activating group) is 1. The molecular weight excluding hydrogens is 632 g/mol. The summed E-state index contributed by atoms with van der Waals surface area (Å²) in [4.78, 5) is 29.9. The fraction of sp³-hybridized carbons (Fsp3) is 0.375. The zero-order valence-corrected chi connectivity index (χ0v) is 26.5. The topological polar surface area (TPSA) is 94.1 Å². The van der Waals surface area contributed by atoms with E-state index in [9.17, 15) is 27.9 Å². The Balaban J connectivity index is 1.54. The van der Waals surface area contributed by atoms with E-state index in [0.717, 1.165) is 29.8 Å². The van der Waals surface area contributed by atoms with E-state index in [2.05, 4.69) is 15.5 Å². The number of hydrogen-bond donors (Lipinski definition) is 3. The third-order valence-corrected chi connectivity index (χ3v) is 8.31. The molecule has 0 saturated carbocycles. The molecule has 3 aromatic rings. The van der Waals surface area contributed by atoms with Crippen molar-refractivity contribution in [1.29, 1.82) is 0 Å². The second-order valence-electron chi connectivity index (χ2n) is 11.3. The lowest BCUT2D eigenvalue weighted by molar-refractivity contribution is -0.137. The van der Waals surface area contributed by atoms with Gasteiger partial charge in [-0.3, -0.25) is 9.69 Å². The average molecular weight is 668 g/mol. The van der Waals surface area contributed by atoms with E-state index < -0.39 is 23.8 Å². The number of anilines is 2. The third-order valence-electron chi connectivity index (χ3n) is 7.57. The Morgan fingerprint density at radius 2 is 1.73 bits per heavy atom. The lowest BCUT2D eigenvalue weighted by atomic mass is 10.0. The number of urea groups is 1. The zero-order valence-electron chi connectivity index (χ0n) is 25.0. The molecule has 0 bridgehead atoms. The first-order valence-electron chi connectivity index (χ1n) is 14.3. The second kappa shape index (κ2) is 14.7. The number of halogens is 5. The number of aliphatic hydroxyl groups excluding tert-OH is 1. The molecule has 3 atom stereocenters. The highest BCUT2D eigenvalue weighted by Crippen LogP contribution is 2.31. The quantitative estimate of drug-likeness (QED) is 0.242.